The summed E-state index contributed by atoms with van der Waals surface area (Å²) in [6, 6.07) is 0. The van der Waals surface area contributed by atoms with Crippen LogP contribution in [0.2, 0.25) is 0 Å². The van der Waals surface area contributed by atoms with Gasteiger partial charge in [0, 0.05) is 0 Å². The molecule has 1 aliphatic carbocycles. The van der Waals surface area contributed by atoms with Crippen LogP contribution in [0, 0.1) is 23.2 Å². The van der Waals surface area contributed by atoms with Crippen molar-refractivity contribution in [2.75, 3.05) is 0 Å². The lowest BCUT2D eigenvalue weighted by atomic mass is 9.67. The monoisotopic (exact) mass is 182 g/mol. The Labute approximate surface area is 84.1 Å². The van der Waals surface area contributed by atoms with Gasteiger partial charge in [-0.1, -0.05) is 53.9 Å². The molecule has 1 aliphatic rings. The van der Waals surface area contributed by atoms with E-state index in [0.717, 1.165) is 17.8 Å². The van der Waals surface area contributed by atoms with Crippen molar-refractivity contribution < 1.29 is 0 Å². The minimum atomic E-state index is 0.518. The molecule has 1 saturated carbocycles. The van der Waals surface area contributed by atoms with E-state index in [1.807, 2.05) is 0 Å². The second-order valence-electron chi connectivity index (χ2n) is 6.31. The van der Waals surface area contributed by atoms with Crippen LogP contribution in [0.3, 0.4) is 0 Å². The summed E-state index contributed by atoms with van der Waals surface area (Å²) in [6.07, 6.45) is 5.80. The van der Waals surface area contributed by atoms with Crippen LogP contribution < -0.4 is 0 Å². The molecule has 0 bridgehead atoms. The molecule has 0 spiro atoms. The Morgan fingerprint density at radius 1 is 1.00 bits per heavy atom. The first kappa shape index (κ1) is 11.1. The first-order valence-corrected chi connectivity index (χ1v) is 5.90. The zero-order valence-electron chi connectivity index (χ0n) is 10.1. The number of rotatable bonds is 1. The zero-order chi connectivity index (χ0) is 10.1. The SMILES string of the molecule is CC1CCCC(C)C1CC(C)(C)C. The second kappa shape index (κ2) is 4.02. The molecule has 0 N–H and O–H groups in total. The van der Waals surface area contributed by atoms with E-state index < -0.39 is 0 Å². The minimum absolute atomic E-state index is 0.518. The number of hydrogen-bond donors (Lipinski definition) is 0. The summed E-state index contributed by atoms with van der Waals surface area (Å²) in [5.41, 5.74) is 0.518. The first-order chi connectivity index (χ1) is 5.90. The molecule has 2 unspecified atom stereocenters. The third kappa shape index (κ3) is 3.32. The summed E-state index contributed by atoms with van der Waals surface area (Å²) in [4.78, 5) is 0. The standard InChI is InChI=1S/C13H26/c1-10-7-6-8-11(2)12(10)9-13(3,4)5/h10-12H,6-9H2,1-5H3. The summed E-state index contributed by atoms with van der Waals surface area (Å²) in [5.74, 6) is 2.90. The van der Waals surface area contributed by atoms with Crippen molar-refractivity contribution in [3.63, 3.8) is 0 Å². The highest BCUT2D eigenvalue weighted by Crippen LogP contribution is 2.41. The molecule has 0 nitrogen and oxygen atoms in total. The Bertz CT molecular complexity index is 142. The third-order valence-electron chi connectivity index (χ3n) is 3.63. The third-order valence-corrected chi connectivity index (χ3v) is 3.63. The van der Waals surface area contributed by atoms with Gasteiger partial charge in [-0.3, -0.25) is 0 Å². The summed E-state index contributed by atoms with van der Waals surface area (Å²) in [5, 5.41) is 0. The summed E-state index contributed by atoms with van der Waals surface area (Å²) >= 11 is 0. The summed E-state index contributed by atoms with van der Waals surface area (Å²) < 4.78 is 0. The van der Waals surface area contributed by atoms with Crippen molar-refractivity contribution in [2.45, 2.75) is 60.3 Å². The van der Waals surface area contributed by atoms with E-state index in [4.69, 9.17) is 0 Å². The van der Waals surface area contributed by atoms with Gasteiger partial charge in [0.1, 0.15) is 0 Å². The molecule has 1 fully saturated rings. The van der Waals surface area contributed by atoms with Gasteiger partial charge in [-0.25, -0.2) is 0 Å². The topological polar surface area (TPSA) is 0 Å². The van der Waals surface area contributed by atoms with Crippen molar-refractivity contribution in [2.24, 2.45) is 23.2 Å². The van der Waals surface area contributed by atoms with Crippen LogP contribution in [0.15, 0.2) is 0 Å². The van der Waals surface area contributed by atoms with Crippen molar-refractivity contribution in [3.05, 3.63) is 0 Å². The Morgan fingerprint density at radius 2 is 1.46 bits per heavy atom. The zero-order valence-corrected chi connectivity index (χ0v) is 10.1. The molecule has 0 heteroatoms. The minimum Gasteiger partial charge on any atom is -0.0622 e. The van der Waals surface area contributed by atoms with Crippen molar-refractivity contribution in [3.8, 4) is 0 Å². The molecule has 2 atom stereocenters. The van der Waals surface area contributed by atoms with Crippen LogP contribution in [0.4, 0.5) is 0 Å². The Kier molecular flexibility index (Phi) is 3.43. The van der Waals surface area contributed by atoms with Crippen LogP contribution in [-0.2, 0) is 0 Å². The van der Waals surface area contributed by atoms with Gasteiger partial charge in [-0.05, 0) is 29.6 Å². The van der Waals surface area contributed by atoms with Gasteiger partial charge in [0.15, 0.2) is 0 Å². The quantitative estimate of drug-likeness (QED) is 0.560. The molecule has 0 saturated heterocycles. The average Bonchev–Trinajstić information content (AvgIpc) is 1.95. The Hall–Kier alpha value is 0. The smallest absolute Gasteiger partial charge is 0.0358 e. The lowest BCUT2D eigenvalue weighted by Crippen LogP contribution is -2.28. The van der Waals surface area contributed by atoms with E-state index in [1.165, 1.54) is 25.7 Å². The van der Waals surface area contributed by atoms with Gasteiger partial charge in [0.2, 0.25) is 0 Å². The molecule has 1 rings (SSSR count). The largest absolute Gasteiger partial charge is 0.0622 e. The highest BCUT2D eigenvalue weighted by Gasteiger charge is 2.30. The molecule has 78 valence electrons. The molecule has 13 heavy (non-hydrogen) atoms. The molecular weight excluding hydrogens is 156 g/mol. The average molecular weight is 182 g/mol. The highest BCUT2D eigenvalue weighted by molar-refractivity contribution is 4.81. The lowest BCUT2D eigenvalue weighted by molar-refractivity contribution is 0.124. The molecule has 0 heterocycles. The van der Waals surface area contributed by atoms with E-state index >= 15 is 0 Å². The van der Waals surface area contributed by atoms with Crippen LogP contribution in [0.25, 0.3) is 0 Å². The van der Waals surface area contributed by atoms with Gasteiger partial charge >= 0.3 is 0 Å². The fraction of sp³-hybridized carbons (Fsp3) is 1.00. The first-order valence-electron chi connectivity index (χ1n) is 5.90. The number of hydrogen-bond acceptors (Lipinski definition) is 0. The normalized spacial score (nSPS) is 36.2. The molecule has 0 aromatic rings. The van der Waals surface area contributed by atoms with Gasteiger partial charge in [0.25, 0.3) is 0 Å². The van der Waals surface area contributed by atoms with Crippen molar-refractivity contribution in [1.29, 1.82) is 0 Å². The van der Waals surface area contributed by atoms with Crippen LogP contribution in [0.1, 0.15) is 60.3 Å². The maximum absolute atomic E-state index is 2.45. The van der Waals surface area contributed by atoms with Crippen LogP contribution in [0.5, 0.6) is 0 Å². The molecule has 0 amide bonds. The van der Waals surface area contributed by atoms with E-state index in [1.54, 1.807) is 0 Å². The van der Waals surface area contributed by atoms with E-state index in [9.17, 15) is 0 Å². The molecule has 0 radical (unpaired) electrons. The van der Waals surface area contributed by atoms with Crippen molar-refractivity contribution >= 4 is 0 Å². The van der Waals surface area contributed by atoms with Crippen molar-refractivity contribution in [1.82, 2.24) is 0 Å². The van der Waals surface area contributed by atoms with Gasteiger partial charge in [-0.2, -0.15) is 0 Å². The summed E-state index contributed by atoms with van der Waals surface area (Å²) in [7, 11) is 0. The summed E-state index contributed by atoms with van der Waals surface area (Å²) in [6.45, 7) is 12.0. The molecular formula is C13H26. The van der Waals surface area contributed by atoms with Crippen LogP contribution in [-0.4, -0.2) is 0 Å². The fourth-order valence-corrected chi connectivity index (χ4v) is 2.86. The maximum Gasteiger partial charge on any atom is -0.0358 e. The molecule has 0 aromatic heterocycles. The molecule has 0 aromatic carbocycles. The van der Waals surface area contributed by atoms with Gasteiger partial charge in [0.05, 0.1) is 0 Å². The fourth-order valence-electron chi connectivity index (χ4n) is 2.86. The Balaban J connectivity index is 2.54. The van der Waals surface area contributed by atoms with Gasteiger partial charge in [-0.15, -0.1) is 0 Å². The predicted molar refractivity (Wildman–Crippen MR) is 59.7 cm³/mol. The maximum atomic E-state index is 2.45. The predicted octanol–water partition coefficient (Wildman–Crippen LogP) is 4.49. The Morgan fingerprint density at radius 3 is 1.85 bits per heavy atom. The van der Waals surface area contributed by atoms with Crippen LogP contribution >= 0.6 is 0 Å². The van der Waals surface area contributed by atoms with E-state index in [-0.39, 0.29) is 0 Å². The van der Waals surface area contributed by atoms with Gasteiger partial charge < -0.3 is 0 Å². The van der Waals surface area contributed by atoms with E-state index in [0.29, 0.717) is 5.41 Å². The highest BCUT2D eigenvalue weighted by atomic mass is 14.4. The second-order valence-corrected chi connectivity index (χ2v) is 6.31. The lowest BCUT2D eigenvalue weighted by Gasteiger charge is -2.38. The van der Waals surface area contributed by atoms with E-state index in [2.05, 4.69) is 34.6 Å². The molecule has 0 aliphatic heterocycles.